The van der Waals surface area contributed by atoms with Crippen LogP contribution >= 0.6 is 12.6 Å². The Labute approximate surface area is 47.6 Å². The molecule has 0 spiro atoms. The lowest BCUT2D eigenvalue weighted by atomic mass is 10.7. The SMILES string of the molecule is [S]C1NCC=NN1. The van der Waals surface area contributed by atoms with Crippen LogP contribution in [0.4, 0.5) is 0 Å². The number of nitrogens with zero attached hydrogens (tertiary/aromatic N) is 1. The minimum Gasteiger partial charge on any atom is -0.283 e. The first-order valence-corrected chi connectivity index (χ1v) is 2.53. The zero-order chi connectivity index (χ0) is 5.11. The van der Waals surface area contributed by atoms with Gasteiger partial charge in [-0.2, -0.15) is 5.10 Å². The number of rotatable bonds is 0. The lowest BCUT2D eigenvalue weighted by molar-refractivity contribution is 0.581. The molecule has 4 heteroatoms. The fourth-order valence-corrected chi connectivity index (χ4v) is 0.529. The number of hydrogen-bond acceptors (Lipinski definition) is 3. The number of hydrogen-bond donors (Lipinski definition) is 2. The summed E-state index contributed by atoms with van der Waals surface area (Å²) in [7, 11) is 0. The topological polar surface area (TPSA) is 36.4 Å². The van der Waals surface area contributed by atoms with E-state index in [9.17, 15) is 0 Å². The molecule has 1 heterocycles. The van der Waals surface area contributed by atoms with Gasteiger partial charge in [0.15, 0.2) is 5.50 Å². The molecule has 2 N–H and O–H groups in total. The Bertz CT molecular complexity index is 82.2. The molecule has 7 heavy (non-hydrogen) atoms. The van der Waals surface area contributed by atoms with Crippen LogP contribution in [-0.2, 0) is 0 Å². The van der Waals surface area contributed by atoms with Crippen LogP contribution in [0.1, 0.15) is 0 Å². The molecule has 1 aliphatic rings. The van der Waals surface area contributed by atoms with Crippen molar-refractivity contribution in [3.63, 3.8) is 0 Å². The van der Waals surface area contributed by atoms with E-state index in [0.29, 0.717) is 0 Å². The van der Waals surface area contributed by atoms with Crippen molar-refractivity contribution >= 4 is 18.8 Å². The van der Waals surface area contributed by atoms with Crippen LogP contribution < -0.4 is 10.7 Å². The van der Waals surface area contributed by atoms with E-state index < -0.39 is 0 Å². The molecule has 0 aromatic carbocycles. The molecule has 0 saturated heterocycles. The summed E-state index contributed by atoms with van der Waals surface area (Å²) in [5.41, 5.74) is 2.58. The minimum atomic E-state index is -0.0787. The molecule has 1 rings (SSSR count). The summed E-state index contributed by atoms with van der Waals surface area (Å²) in [4.78, 5) is 0. The Balaban J connectivity index is 2.32. The Morgan fingerprint density at radius 2 is 2.71 bits per heavy atom. The zero-order valence-electron chi connectivity index (χ0n) is 3.72. The normalized spacial score (nSPS) is 29.6. The highest BCUT2D eigenvalue weighted by molar-refractivity contribution is 7.80. The second-order valence-electron chi connectivity index (χ2n) is 1.23. The van der Waals surface area contributed by atoms with E-state index in [1.165, 1.54) is 0 Å². The summed E-state index contributed by atoms with van der Waals surface area (Å²) >= 11 is 4.75. The van der Waals surface area contributed by atoms with Gasteiger partial charge in [-0.3, -0.25) is 10.7 Å². The van der Waals surface area contributed by atoms with Crippen LogP contribution in [-0.4, -0.2) is 18.3 Å². The summed E-state index contributed by atoms with van der Waals surface area (Å²) in [6.45, 7) is 0.779. The van der Waals surface area contributed by atoms with Crippen LogP contribution in [0.2, 0.25) is 0 Å². The van der Waals surface area contributed by atoms with Crippen molar-refractivity contribution in [2.75, 3.05) is 6.54 Å². The average molecular weight is 116 g/mol. The molecule has 0 aliphatic carbocycles. The molecule has 0 aromatic rings. The second-order valence-corrected chi connectivity index (χ2v) is 1.70. The van der Waals surface area contributed by atoms with Crippen molar-refractivity contribution in [1.82, 2.24) is 10.7 Å². The Morgan fingerprint density at radius 3 is 3.00 bits per heavy atom. The average Bonchev–Trinajstić information content (AvgIpc) is 1.69. The first-order chi connectivity index (χ1) is 3.39. The first-order valence-electron chi connectivity index (χ1n) is 2.06. The van der Waals surface area contributed by atoms with Gasteiger partial charge in [0.25, 0.3) is 0 Å². The Morgan fingerprint density at radius 1 is 1.86 bits per heavy atom. The number of nitrogens with one attached hydrogen (secondary N) is 2. The molecule has 1 unspecified atom stereocenters. The highest BCUT2D eigenvalue weighted by atomic mass is 32.1. The maximum Gasteiger partial charge on any atom is 0.151 e. The maximum atomic E-state index is 4.75. The van der Waals surface area contributed by atoms with Gasteiger partial charge in [-0.05, 0) is 12.6 Å². The molecular formula is C3H6N3S. The van der Waals surface area contributed by atoms with Crippen molar-refractivity contribution in [3.8, 4) is 0 Å². The molecule has 1 radical (unpaired) electrons. The van der Waals surface area contributed by atoms with Crippen LogP contribution in [0.3, 0.4) is 0 Å². The van der Waals surface area contributed by atoms with Gasteiger partial charge in [-0.25, -0.2) is 0 Å². The molecule has 0 bridgehead atoms. The smallest absolute Gasteiger partial charge is 0.151 e. The standard InChI is InChI=1S/C3H6N3S/c7-3-4-1-2-5-6-3/h2-4,6H,1H2. The highest BCUT2D eigenvalue weighted by Crippen LogP contribution is 1.84. The maximum absolute atomic E-state index is 4.75. The fraction of sp³-hybridized carbons (Fsp3) is 0.667. The Kier molecular flexibility index (Phi) is 1.54. The molecular weight excluding hydrogens is 110 g/mol. The zero-order valence-corrected chi connectivity index (χ0v) is 4.53. The van der Waals surface area contributed by atoms with Crippen molar-refractivity contribution in [2.45, 2.75) is 5.50 Å². The van der Waals surface area contributed by atoms with Gasteiger partial charge in [-0.1, -0.05) is 0 Å². The van der Waals surface area contributed by atoms with Crippen molar-refractivity contribution in [2.24, 2.45) is 5.10 Å². The van der Waals surface area contributed by atoms with Gasteiger partial charge in [0.2, 0.25) is 0 Å². The minimum absolute atomic E-state index is 0.0787. The van der Waals surface area contributed by atoms with E-state index in [0.717, 1.165) is 6.54 Å². The third-order valence-electron chi connectivity index (χ3n) is 0.678. The van der Waals surface area contributed by atoms with Gasteiger partial charge in [0.05, 0.1) is 0 Å². The van der Waals surface area contributed by atoms with E-state index in [-0.39, 0.29) is 5.50 Å². The second kappa shape index (κ2) is 2.18. The molecule has 0 fully saturated rings. The molecule has 0 amide bonds. The van der Waals surface area contributed by atoms with Gasteiger partial charge in [-0.15, -0.1) is 0 Å². The van der Waals surface area contributed by atoms with Gasteiger partial charge < -0.3 is 0 Å². The fourth-order valence-electron chi connectivity index (χ4n) is 0.371. The summed E-state index contributed by atoms with van der Waals surface area (Å²) in [6.07, 6.45) is 1.74. The lowest BCUT2D eigenvalue weighted by Gasteiger charge is -2.12. The van der Waals surface area contributed by atoms with Gasteiger partial charge in [0, 0.05) is 12.8 Å². The van der Waals surface area contributed by atoms with E-state index in [1.54, 1.807) is 6.21 Å². The quantitative estimate of drug-likeness (QED) is 0.453. The lowest BCUT2D eigenvalue weighted by Crippen LogP contribution is -2.39. The molecule has 1 atom stereocenters. The molecule has 0 saturated carbocycles. The van der Waals surface area contributed by atoms with E-state index >= 15 is 0 Å². The third-order valence-corrected chi connectivity index (χ3v) is 0.950. The summed E-state index contributed by atoms with van der Waals surface area (Å²) in [6, 6.07) is 0. The van der Waals surface area contributed by atoms with Crippen LogP contribution in [0.15, 0.2) is 5.10 Å². The summed E-state index contributed by atoms with van der Waals surface area (Å²) in [5.74, 6) is 0. The van der Waals surface area contributed by atoms with Gasteiger partial charge in [0.1, 0.15) is 0 Å². The predicted molar refractivity (Wildman–Crippen MR) is 31.0 cm³/mol. The van der Waals surface area contributed by atoms with Crippen molar-refractivity contribution in [1.29, 1.82) is 0 Å². The predicted octanol–water partition coefficient (Wildman–Crippen LogP) is -0.354. The summed E-state index contributed by atoms with van der Waals surface area (Å²) in [5, 5.41) is 6.65. The van der Waals surface area contributed by atoms with Crippen molar-refractivity contribution < 1.29 is 0 Å². The molecule has 3 nitrogen and oxygen atoms in total. The van der Waals surface area contributed by atoms with Crippen molar-refractivity contribution in [3.05, 3.63) is 0 Å². The molecule has 0 aromatic heterocycles. The first kappa shape index (κ1) is 4.93. The number of hydrazone groups is 1. The molecule has 1 aliphatic heterocycles. The van der Waals surface area contributed by atoms with E-state index in [1.807, 2.05) is 0 Å². The van der Waals surface area contributed by atoms with E-state index in [4.69, 9.17) is 12.6 Å². The molecule has 39 valence electrons. The monoisotopic (exact) mass is 116 g/mol. The van der Waals surface area contributed by atoms with Gasteiger partial charge >= 0.3 is 0 Å². The van der Waals surface area contributed by atoms with Crippen LogP contribution in [0.5, 0.6) is 0 Å². The third kappa shape index (κ3) is 1.36. The summed E-state index contributed by atoms with van der Waals surface area (Å²) < 4.78 is 0. The van der Waals surface area contributed by atoms with Crippen LogP contribution in [0, 0.1) is 0 Å². The largest absolute Gasteiger partial charge is 0.283 e. The van der Waals surface area contributed by atoms with Crippen LogP contribution in [0.25, 0.3) is 0 Å². The Hall–Kier alpha value is -0.220. The van der Waals surface area contributed by atoms with E-state index in [2.05, 4.69) is 15.8 Å². The highest BCUT2D eigenvalue weighted by Gasteiger charge is 1.99.